The van der Waals surface area contributed by atoms with E-state index in [-0.39, 0.29) is 11.1 Å². The number of aryl methyl sites for hydroxylation is 1. The molecule has 0 saturated carbocycles. The number of aliphatic hydroxyl groups excluding tert-OH is 2. The van der Waals surface area contributed by atoms with Crippen molar-refractivity contribution in [2.75, 3.05) is 19.5 Å². The smallest absolute Gasteiger partial charge is 0.223 e. The van der Waals surface area contributed by atoms with E-state index in [0.29, 0.717) is 23.1 Å². The number of nitrogens with two attached hydrogens (primary N) is 1. The Morgan fingerprint density at radius 3 is 2.79 bits per heavy atom. The highest BCUT2D eigenvalue weighted by atomic mass is 35.5. The fourth-order valence-corrected chi connectivity index (χ4v) is 3.25. The molecule has 3 aromatic rings. The molecule has 146 valence electrons. The molecule has 0 radical (unpaired) electrons. The van der Waals surface area contributed by atoms with Crippen LogP contribution in [0.2, 0.25) is 5.15 Å². The number of aromatic nitrogens is 4. The number of hydrogen-bond acceptors (Lipinski definition) is 7. The molecule has 4 N–H and O–H groups in total. The van der Waals surface area contributed by atoms with Crippen molar-refractivity contribution in [2.45, 2.75) is 26.5 Å². The number of hydrogen-bond donors (Lipinski definition) is 3. The Kier molecular flexibility index (Phi) is 5.70. The van der Waals surface area contributed by atoms with Gasteiger partial charge < -0.3 is 25.3 Å². The highest BCUT2D eigenvalue weighted by Crippen LogP contribution is 2.29. The summed E-state index contributed by atoms with van der Waals surface area (Å²) in [6.45, 7) is 3.79. The van der Waals surface area contributed by atoms with Crippen molar-refractivity contribution < 1.29 is 14.9 Å². The third-order valence-electron chi connectivity index (χ3n) is 4.31. The zero-order valence-corrected chi connectivity index (χ0v) is 16.4. The van der Waals surface area contributed by atoms with Gasteiger partial charge in [0.05, 0.1) is 36.9 Å². The van der Waals surface area contributed by atoms with Crippen LogP contribution in [-0.4, -0.2) is 49.6 Å². The molecule has 0 aliphatic carbocycles. The normalized spacial score (nSPS) is 11.9. The summed E-state index contributed by atoms with van der Waals surface area (Å²) < 4.78 is 7.29. The molecule has 1 atom stereocenters. The summed E-state index contributed by atoms with van der Waals surface area (Å²) >= 11 is 6.27. The summed E-state index contributed by atoms with van der Waals surface area (Å²) in [6, 6.07) is 0. The first-order valence-corrected chi connectivity index (χ1v) is 8.84. The Balaban J connectivity index is 2.15. The van der Waals surface area contributed by atoms with Crippen LogP contribution in [0, 0.1) is 25.7 Å². The minimum atomic E-state index is -1.16. The molecule has 0 amide bonds. The van der Waals surface area contributed by atoms with Gasteiger partial charge in [0.1, 0.15) is 22.7 Å². The molecule has 0 spiro atoms. The molecule has 0 aliphatic heterocycles. The first-order chi connectivity index (χ1) is 13.3. The highest BCUT2D eigenvalue weighted by molar-refractivity contribution is 6.34. The predicted molar refractivity (Wildman–Crippen MR) is 106 cm³/mol. The molecule has 0 bridgehead atoms. The molecule has 0 fully saturated rings. The van der Waals surface area contributed by atoms with Crippen molar-refractivity contribution in [3.63, 3.8) is 0 Å². The first-order valence-electron chi connectivity index (χ1n) is 8.47. The van der Waals surface area contributed by atoms with Crippen LogP contribution < -0.4 is 10.5 Å². The molecule has 3 aromatic heterocycles. The van der Waals surface area contributed by atoms with Gasteiger partial charge in [0, 0.05) is 23.5 Å². The Hall–Kier alpha value is -2.86. The Labute approximate surface area is 167 Å². The maximum absolute atomic E-state index is 9.53. The quantitative estimate of drug-likeness (QED) is 0.447. The topological polar surface area (TPSA) is 119 Å². The van der Waals surface area contributed by atoms with Gasteiger partial charge in [-0.15, -0.1) is 0 Å². The summed E-state index contributed by atoms with van der Waals surface area (Å²) in [7, 11) is 1.62. The van der Waals surface area contributed by atoms with E-state index in [1.165, 1.54) is 0 Å². The van der Waals surface area contributed by atoms with Crippen LogP contribution in [0.25, 0.3) is 11.0 Å². The predicted octanol–water partition coefficient (Wildman–Crippen LogP) is 1.44. The molecule has 3 rings (SSSR count). The van der Waals surface area contributed by atoms with Gasteiger partial charge in [0.25, 0.3) is 0 Å². The van der Waals surface area contributed by atoms with Gasteiger partial charge in [-0.1, -0.05) is 23.4 Å². The number of aliphatic hydroxyl groups is 2. The summed E-state index contributed by atoms with van der Waals surface area (Å²) in [5.74, 6) is 6.20. The van der Waals surface area contributed by atoms with Crippen molar-refractivity contribution >= 4 is 28.6 Å². The second kappa shape index (κ2) is 8.02. The number of halogens is 1. The van der Waals surface area contributed by atoms with E-state index in [0.717, 1.165) is 22.6 Å². The fraction of sp³-hybridized carbons (Fsp3) is 0.316. The zero-order valence-electron chi connectivity index (χ0n) is 15.7. The average Bonchev–Trinajstić information content (AvgIpc) is 3.00. The summed E-state index contributed by atoms with van der Waals surface area (Å²) in [5, 5.41) is 19.2. The highest BCUT2D eigenvalue weighted by Gasteiger charge is 2.17. The minimum Gasteiger partial charge on any atom is -0.496 e. The van der Waals surface area contributed by atoms with Gasteiger partial charge in [-0.25, -0.2) is 4.98 Å². The van der Waals surface area contributed by atoms with Crippen molar-refractivity contribution in [1.29, 1.82) is 0 Å². The number of nitrogens with zero attached hydrogens (tertiary/aromatic N) is 4. The van der Waals surface area contributed by atoms with Crippen molar-refractivity contribution in [1.82, 2.24) is 19.5 Å². The number of fused-ring (bicyclic) bond motifs is 1. The van der Waals surface area contributed by atoms with Crippen LogP contribution in [0.1, 0.15) is 22.4 Å². The van der Waals surface area contributed by atoms with E-state index in [1.54, 1.807) is 19.5 Å². The lowest BCUT2D eigenvalue weighted by Crippen LogP contribution is -2.07. The van der Waals surface area contributed by atoms with Gasteiger partial charge >= 0.3 is 0 Å². The first kappa shape index (κ1) is 19.9. The van der Waals surface area contributed by atoms with E-state index in [1.807, 2.05) is 18.4 Å². The molecule has 9 heteroatoms. The van der Waals surface area contributed by atoms with Gasteiger partial charge in [0.2, 0.25) is 5.95 Å². The lowest BCUT2D eigenvalue weighted by atomic mass is 10.1. The van der Waals surface area contributed by atoms with Crippen molar-refractivity contribution in [2.24, 2.45) is 0 Å². The van der Waals surface area contributed by atoms with Crippen molar-refractivity contribution in [3.05, 3.63) is 39.9 Å². The van der Waals surface area contributed by atoms with E-state index in [4.69, 9.17) is 27.2 Å². The van der Waals surface area contributed by atoms with E-state index >= 15 is 0 Å². The van der Waals surface area contributed by atoms with Gasteiger partial charge in [0.15, 0.2) is 0 Å². The summed E-state index contributed by atoms with van der Waals surface area (Å²) in [4.78, 5) is 12.8. The molecular weight excluding hydrogens is 382 g/mol. The summed E-state index contributed by atoms with van der Waals surface area (Å²) in [6.07, 6.45) is 2.34. The maximum Gasteiger partial charge on any atom is 0.223 e. The molecule has 8 nitrogen and oxygen atoms in total. The van der Waals surface area contributed by atoms with Crippen molar-refractivity contribution in [3.8, 4) is 17.6 Å². The number of pyridine rings is 1. The largest absolute Gasteiger partial charge is 0.496 e. The minimum absolute atomic E-state index is 0.0397. The lowest BCUT2D eigenvalue weighted by molar-refractivity contribution is 0.138. The standard InChI is InChI=1S/C19H20ClN5O3/c1-10-6-22-14(11(2)16(10)28-3)8-25-7-12(4-5-13(27)9-26)15-17(20)23-19(21)24-18(15)25/h6-7,13,26-27H,8-9H2,1-3H3,(H2,21,23,24). The van der Waals surface area contributed by atoms with E-state index in [9.17, 15) is 5.11 Å². The zero-order chi connectivity index (χ0) is 20.4. The van der Waals surface area contributed by atoms with Crippen LogP contribution in [-0.2, 0) is 6.54 Å². The molecule has 3 heterocycles. The van der Waals surface area contributed by atoms with Crippen LogP contribution in [0.4, 0.5) is 5.95 Å². The number of ether oxygens (including phenoxy) is 1. The molecule has 0 aromatic carbocycles. The van der Waals surface area contributed by atoms with Gasteiger partial charge in [-0.05, 0) is 13.8 Å². The maximum atomic E-state index is 9.53. The summed E-state index contributed by atoms with van der Waals surface area (Å²) in [5.41, 5.74) is 9.45. The Morgan fingerprint density at radius 2 is 2.11 bits per heavy atom. The SMILES string of the molecule is COc1c(C)cnc(Cn2cc(C#CC(O)CO)c3c(Cl)nc(N)nc32)c1C. The molecule has 1 unspecified atom stereocenters. The molecule has 0 saturated heterocycles. The Bertz CT molecular complexity index is 1100. The third-order valence-corrected chi connectivity index (χ3v) is 4.58. The lowest BCUT2D eigenvalue weighted by Gasteiger charge is -2.13. The fourth-order valence-electron chi connectivity index (χ4n) is 2.97. The van der Waals surface area contributed by atoms with E-state index in [2.05, 4.69) is 26.8 Å². The van der Waals surface area contributed by atoms with Crippen LogP contribution in [0.5, 0.6) is 5.75 Å². The number of anilines is 1. The molecule has 28 heavy (non-hydrogen) atoms. The molecule has 0 aliphatic rings. The second-order valence-corrected chi connectivity index (χ2v) is 6.61. The van der Waals surface area contributed by atoms with Crippen LogP contribution in [0.15, 0.2) is 12.4 Å². The van der Waals surface area contributed by atoms with Crippen LogP contribution in [0.3, 0.4) is 0 Å². The average molecular weight is 402 g/mol. The Morgan fingerprint density at radius 1 is 1.36 bits per heavy atom. The number of rotatable bonds is 4. The number of methoxy groups -OCH3 is 1. The third kappa shape index (κ3) is 3.73. The second-order valence-electron chi connectivity index (χ2n) is 6.26. The van der Waals surface area contributed by atoms with Gasteiger partial charge in [-0.3, -0.25) is 4.98 Å². The monoisotopic (exact) mass is 401 g/mol. The van der Waals surface area contributed by atoms with Gasteiger partial charge in [-0.2, -0.15) is 4.98 Å². The number of nitrogen functional groups attached to an aromatic ring is 1. The van der Waals surface area contributed by atoms with Crippen LogP contribution >= 0.6 is 11.6 Å². The van der Waals surface area contributed by atoms with E-state index < -0.39 is 12.7 Å². The molecular formula is C19H20ClN5O3.